The average molecular weight is 360 g/mol. The maximum absolute atomic E-state index is 13.8. The van der Waals surface area contributed by atoms with Crippen LogP contribution < -0.4 is 5.32 Å². The van der Waals surface area contributed by atoms with Crippen LogP contribution in [0.2, 0.25) is 0 Å². The molecule has 118 valence electrons. The highest BCUT2D eigenvalue weighted by molar-refractivity contribution is 9.10. The van der Waals surface area contributed by atoms with E-state index in [2.05, 4.69) is 35.1 Å². The molecule has 0 saturated heterocycles. The van der Waals surface area contributed by atoms with Gasteiger partial charge in [0.15, 0.2) is 11.6 Å². The van der Waals surface area contributed by atoms with Crippen molar-refractivity contribution >= 4 is 15.9 Å². The van der Waals surface area contributed by atoms with Gasteiger partial charge in [0.25, 0.3) is 0 Å². The second-order valence-corrected chi connectivity index (χ2v) is 6.78. The zero-order valence-electron chi connectivity index (χ0n) is 12.8. The Morgan fingerprint density at radius 1 is 1.19 bits per heavy atom. The third kappa shape index (κ3) is 3.84. The fourth-order valence-corrected chi connectivity index (χ4v) is 4.03. The second kappa shape index (κ2) is 7.68. The first-order valence-corrected chi connectivity index (χ1v) is 8.74. The molecule has 1 N–H and O–H groups in total. The van der Waals surface area contributed by atoms with Crippen LogP contribution in [0.1, 0.15) is 57.6 Å². The number of rotatable bonds is 5. The van der Waals surface area contributed by atoms with Crippen molar-refractivity contribution in [1.82, 2.24) is 5.32 Å². The molecular formula is C17H24BrF2N. The number of hydrogen-bond acceptors (Lipinski definition) is 1. The van der Waals surface area contributed by atoms with Gasteiger partial charge in [-0.15, -0.1) is 0 Å². The van der Waals surface area contributed by atoms with Crippen LogP contribution in [0.15, 0.2) is 16.6 Å². The Kier molecular flexibility index (Phi) is 6.18. The predicted octanol–water partition coefficient (Wildman–Crippen LogP) is 5.59. The van der Waals surface area contributed by atoms with Gasteiger partial charge in [-0.3, -0.25) is 0 Å². The third-order valence-electron chi connectivity index (χ3n) is 4.76. The lowest BCUT2D eigenvalue weighted by Crippen LogP contribution is -2.31. The minimum Gasteiger partial charge on any atom is -0.310 e. The molecule has 0 heterocycles. The molecule has 1 aliphatic rings. The molecule has 1 aromatic carbocycles. The van der Waals surface area contributed by atoms with E-state index in [0.29, 0.717) is 5.92 Å². The molecule has 1 aliphatic carbocycles. The maximum Gasteiger partial charge on any atom is 0.173 e. The highest BCUT2D eigenvalue weighted by atomic mass is 79.9. The molecule has 1 fully saturated rings. The van der Waals surface area contributed by atoms with Gasteiger partial charge in [-0.25, -0.2) is 8.78 Å². The Hall–Kier alpha value is -0.480. The molecule has 1 aromatic rings. The Bertz CT molecular complexity index is 470. The van der Waals surface area contributed by atoms with Crippen LogP contribution in [0.25, 0.3) is 0 Å². The molecule has 1 saturated carbocycles. The first kappa shape index (κ1) is 16.9. The number of halogens is 3. The molecule has 1 nitrogen and oxygen atoms in total. The van der Waals surface area contributed by atoms with Crippen LogP contribution in [-0.2, 0) is 0 Å². The summed E-state index contributed by atoms with van der Waals surface area (Å²) in [6, 6.07) is 3.04. The summed E-state index contributed by atoms with van der Waals surface area (Å²) in [5.41, 5.74) is 0.843. The fourth-order valence-electron chi connectivity index (χ4n) is 3.46. The van der Waals surface area contributed by atoms with E-state index in [-0.39, 0.29) is 10.5 Å². The van der Waals surface area contributed by atoms with Gasteiger partial charge >= 0.3 is 0 Å². The Balaban J connectivity index is 2.21. The van der Waals surface area contributed by atoms with Gasteiger partial charge in [-0.05, 0) is 58.8 Å². The molecule has 0 aromatic heterocycles. The summed E-state index contributed by atoms with van der Waals surface area (Å²) >= 11 is 3.24. The van der Waals surface area contributed by atoms with Crippen molar-refractivity contribution < 1.29 is 8.78 Å². The molecule has 1 atom stereocenters. The van der Waals surface area contributed by atoms with Gasteiger partial charge in [-0.2, -0.15) is 0 Å². The Labute approximate surface area is 134 Å². The first-order chi connectivity index (χ1) is 10.1. The van der Waals surface area contributed by atoms with E-state index in [1.807, 2.05) is 0 Å². The van der Waals surface area contributed by atoms with E-state index in [1.165, 1.54) is 25.3 Å². The minimum absolute atomic E-state index is 0.0947. The summed E-state index contributed by atoms with van der Waals surface area (Å²) in [4.78, 5) is 0. The van der Waals surface area contributed by atoms with Crippen molar-refractivity contribution in [2.45, 2.75) is 52.0 Å². The summed E-state index contributed by atoms with van der Waals surface area (Å²) in [6.45, 7) is 5.13. The quantitative estimate of drug-likeness (QED) is 0.675. The smallest absolute Gasteiger partial charge is 0.173 e. The zero-order chi connectivity index (χ0) is 15.4. The molecule has 2 rings (SSSR count). The van der Waals surface area contributed by atoms with Crippen molar-refractivity contribution in [2.24, 2.45) is 11.8 Å². The summed E-state index contributed by atoms with van der Waals surface area (Å²) in [7, 11) is 0. The molecule has 0 aliphatic heterocycles. The molecule has 1 unspecified atom stereocenters. The van der Waals surface area contributed by atoms with Gasteiger partial charge in [0.2, 0.25) is 0 Å². The Morgan fingerprint density at radius 3 is 2.43 bits per heavy atom. The van der Waals surface area contributed by atoms with E-state index < -0.39 is 11.6 Å². The lowest BCUT2D eigenvalue weighted by atomic mass is 9.76. The lowest BCUT2D eigenvalue weighted by molar-refractivity contribution is 0.219. The van der Waals surface area contributed by atoms with E-state index in [4.69, 9.17) is 0 Å². The van der Waals surface area contributed by atoms with E-state index >= 15 is 0 Å². The van der Waals surface area contributed by atoms with Crippen molar-refractivity contribution in [3.8, 4) is 0 Å². The van der Waals surface area contributed by atoms with E-state index in [9.17, 15) is 8.78 Å². The molecule has 0 bridgehead atoms. The van der Waals surface area contributed by atoms with Crippen LogP contribution in [-0.4, -0.2) is 6.54 Å². The van der Waals surface area contributed by atoms with Crippen LogP contribution in [0.5, 0.6) is 0 Å². The fraction of sp³-hybridized carbons (Fsp3) is 0.647. The largest absolute Gasteiger partial charge is 0.310 e. The van der Waals surface area contributed by atoms with Crippen LogP contribution in [0.4, 0.5) is 8.78 Å². The monoisotopic (exact) mass is 359 g/mol. The topological polar surface area (TPSA) is 12.0 Å². The van der Waals surface area contributed by atoms with Crippen molar-refractivity contribution in [3.05, 3.63) is 33.8 Å². The summed E-state index contributed by atoms with van der Waals surface area (Å²) in [5.74, 6) is -0.251. The zero-order valence-corrected chi connectivity index (χ0v) is 14.3. The number of benzene rings is 1. The van der Waals surface area contributed by atoms with Crippen molar-refractivity contribution in [3.63, 3.8) is 0 Å². The van der Waals surface area contributed by atoms with Crippen LogP contribution in [0, 0.1) is 23.5 Å². The van der Waals surface area contributed by atoms with Gasteiger partial charge in [0, 0.05) is 6.04 Å². The molecule has 0 amide bonds. The molecule has 21 heavy (non-hydrogen) atoms. The van der Waals surface area contributed by atoms with Crippen LogP contribution >= 0.6 is 15.9 Å². The van der Waals surface area contributed by atoms with E-state index in [1.54, 1.807) is 6.07 Å². The second-order valence-electron chi connectivity index (χ2n) is 5.99. The average Bonchev–Trinajstić information content (AvgIpc) is 2.51. The summed E-state index contributed by atoms with van der Waals surface area (Å²) < 4.78 is 27.4. The molecule has 0 radical (unpaired) electrons. The number of hydrogen-bond donors (Lipinski definition) is 1. The lowest BCUT2D eigenvalue weighted by Gasteiger charge is -2.35. The maximum atomic E-state index is 13.8. The van der Waals surface area contributed by atoms with Crippen molar-refractivity contribution in [2.75, 3.05) is 6.54 Å². The van der Waals surface area contributed by atoms with Crippen molar-refractivity contribution in [1.29, 1.82) is 0 Å². The highest BCUT2D eigenvalue weighted by Gasteiger charge is 2.29. The van der Waals surface area contributed by atoms with Gasteiger partial charge in [0.05, 0.1) is 4.47 Å². The number of nitrogens with one attached hydrogen (secondary N) is 1. The first-order valence-electron chi connectivity index (χ1n) is 7.95. The van der Waals surface area contributed by atoms with E-state index in [0.717, 1.165) is 30.9 Å². The highest BCUT2D eigenvalue weighted by Crippen LogP contribution is 2.40. The summed E-state index contributed by atoms with van der Waals surface area (Å²) in [5, 5.41) is 3.47. The normalized spacial score (nSPS) is 24.0. The SMILES string of the molecule is CCNC(c1ccc(F)c(F)c1Br)C1CCC(CC)CC1. The standard InChI is InChI=1S/C17H24BrF2N/c1-3-11-5-7-12(8-6-11)17(21-4-2)13-9-10-14(19)16(20)15(13)18/h9-12,17,21H,3-8H2,1-2H3. The van der Waals surface area contributed by atoms with Gasteiger partial charge in [0.1, 0.15) is 0 Å². The van der Waals surface area contributed by atoms with Gasteiger partial charge in [-0.1, -0.05) is 39.2 Å². The Morgan fingerprint density at radius 2 is 1.86 bits per heavy atom. The predicted molar refractivity (Wildman–Crippen MR) is 86.2 cm³/mol. The molecule has 0 spiro atoms. The molecular weight excluding hydrogens is 336 g/mol. The third-order valence-corrected chi connectivity index (χ3v) is 5.57. The molecule has 4 heteroatoms. The minimum atomic E-state index is -0.796. The van der Waals surface area contributed by atoms with Gasteiger partial charge < -0.3 is 5.32 Å². The van der Waals surface area contributed by atoms with Crippen LogP contribution in [0.3, 0.4) is 0 Å². The summed E-state index contributed by atoms with van der Waals surface area (Å²) in [6.07, 6.45) is 6.03.